The molecular formula is C20H33N3O2. The molecule has 140 valence electrons. The smallest absolute Gasteiger partial charge is 0.188 e. The lowest BCUT2D eigenvalue weighted by molar-refractivity contribution is -0.0745. The summed E-state index contributed by atoms with van der Waals surface area (Å²) in [5, 5.41) is 25.9. The normalized spacial score (nSPS) is 43.4. The molecule has 0 heterocycles. The molecule has 3 rings (SSSR count). The lowest BCUT2D eigenvalue weighted by atomic mass is 9.71. The molecule has 0 radical (unpaired) electrons. The number of nitrogens with one attached hydrogen (secondary N) is 1. The van der Waals surface area contributed by atoms with Gasteiger partial charge < -0.3 is 21.3 Å². The van der Waals surface area contributed by atoms with E-state index in [1.165, 1.54) is 0 Å². The average molecular weight is 348 g/mol. The summed E-state index contributed by atoms with van der Waals surface area (Å²) in [5.74, 6) is 1.33. The molecule has 3 aliphatic rings. The van der Waals surface area contributed by atoms with Gasteiger partial charge in [0.05, 0.1) is 11.2 Å². The first-order valence-corrected chi connectivity index (χ1v) is 9.52. The van der Waals surface area contributed by atoms with Crippen LogP contribution in [0.4, 0.5) is 0 Å². The molecule has 0 saturated heterocycles. The lowest BCUT2D eigenvalue weighted by Gasteiger charge is -2.40. The zero-order chi connectivity index (χ0) is 18.2. The van der Waals surface area contributed by atoms with Gasteiger partial charge >= 0.3 is 0 Å². The Kier molecular flexibility index (Phi) is 5.00. The Morgan fingerprint density at radius 3 is 2.84 bits per heavy atom. The molecule has 5 heteroatoms. The standard InChI is InChI=1S/C20H33N3O2/c1-13(2)15-11-17-16(20(25)7-4-5-14(15)12-20)6-8-19(17,24)9-10-23-18(21)22-3/h4-5,14-17,24-25H,1,6-12H2,2-3H3,(H3,21,22,23)/t14-,15+,16+,17+,19-,20-/m1/s1. The van der Waals surface area contributed by atoms with Crippen molar-refractivity contribution in [2.75, 3.05) is 13.6 Å². The summed E-state index contributed by atoms with van der Waals surface area (Å²) >= 11 is 0. The van der Waals surface area contributed by atoms with Crippen LogP contribution >= 0.6 is 0 Å². The van der Waals surface area contributed by atoms with Gasteiger partial charge in [-0.05, 0) is 69.1 Å². The minimum atomic E-state index is -0.757. The number of nitrogens with zero attached hydrogens (tertiary/aromatic N) is 1. The first-order chi connectivity index (χ1) is 11.8. The van der Waals surface area contributed by atoms with Crippen molar-refractivity contribution >= 4 is 5.96 Å². The highest BCUT2D eigenvalue weighted by molar-refractivity contribution is 5.77. The summed E-state index contributed by atoms with van der Waals surface area (Å²) in [6.45, 7) is 6.89. The summed E-state index contributed by atoms with van der Waals surface area (Å²) in [6.07, 6.45) is 9.07. The van der Waals surface area contributed by atoms with Gasteiger partial charge in [0.2, 0.25) is 0 Å². The van der Waals surface area contributed by atoms with E-state index in [-0.39, 0.29) is 11.8 Å². The molecule has 5 nitrogen and oxygen atoms in total. The van der Waals surface area contributed by atoms with Crippen molar-refractivity contribution in [1.29, 1.82) is 0 Å². The second-order valence-electron chi connectivity index (χ2n) is 8.43. The molecule has 0 aromatic carbocycles. The van der Waals surface area contributed by atoms with Crippen molar-refractivity contribution in [1.82, 2.24) is 5.32 Å². The third-order valence-electron chi connectivity index (χ3n) is 6.96. The minimum Gasteiger partial charge on any atom is -0.390 e. The fourth-order valence-corrected chi connectivity index (χ4v) is 5.59. The van der Waals surface area contributed by atoms with E-state index < -0.39 is 11.2 Å². The van der Waals surface area contributed by atoms with E-state index in [0.29, 0.717) is 37.2 Å². The molecule has 0 spiro atoms. The SMILES string of the molecule is C=C(C)[C@@H]1C[C@H]2[C@H](CC[C@@]2(O)CCNC(N)=NC)[C@@]2(O)CC=C[C@@H]1C2. The van der Waals surface area contributed by atoms with Crippen LogP contribution in [0.5, 0.6) is 0 Å². The Labute approximate surface area is 151 Å². The average Bonchev–Trinajstić information content (AvgIpc) is 2.85. The predicted octanol–water partition coefficient (Wildman–Crippen LogP) is 1.96. The molecule has 0 aromatic heterocycles. The maximum Gasteiger partial charge on any atom is 0.188 e. The van der Waals surface area contributed by atoms with Crippen molar-refractivity contribution in [2.24, 2.45) is 34.4 Å². The molecule has 2 fully saturated rings. The van der Waals surface area contributed by atoms with Crippen LogP contribution in [0.2, 0.25) is 0 Å². The monoisotopic (exact) mass is 347 g/mol. The van der Waals surface area contributed by atoms with Gasteiger partial charge in [0.1, 0.15) is 0 Å². The van der Waals surface area contributed by atoms with Crippen molar-refractivity contribution < 1.29 is 10.2 Å². The third kappa shape index (κ3) is 3.36. The van der Waals surface area contributed by atoms with E-state index in [1.54, 1.807) is 7.05 Å². The molecule has 0 unspecified atom stereocenters. The van der Waals surface area contributed by atoms with E-state index in [1.807, 2.05) is 0 Å². The first-order valence-electron chi connectivity index (χ1n) is 9.52. The Morgan fingerprint density at radius 1 is 1.40 bits per heavy atom. The summed E-state index contributed by atoms with van der Waals surface area (Å²) in [5.41, 5.74) is 5.43. The Hall–Kier alpha value is -1.33. The number of hydrogen-bond donors (Lipinski definition) is 4. The number of aliphatic hydroxyl groups is 2. The molecule has 2 saturated carbocycles. The molecule has 25 heavy (non-hydrogen) atoms. The molecule has 2 bridgehead atoms. The van der Waals surface area contributed by atoms with Crippen molar-refractivity contribution in [3.63, 3.8) is 0 Å². The topological polar surface area (TPSA) is 90.9 Å². The van der Waals surface area contributed by atoms with Crippen LogP contribution in [0.1, 0.15) is 45.4 Å². The minimum absolute atomic E-state index is 0.102. The number of guanidine groups is 1. The van der Waals surface area contributed by atoms with Gasteiger partial charge in [-0.3, -0.25) is 4.99 Å². The van der Waals surface area contributed by atoms with Crippen LogP contribution in [-0.4, -0.2) is 41.0 Å². The Morgan fingerprint density at radius 2 is 2.16 bits per heavy atom. The highest BCUT2D eigenvalue weighted by Gasteiger charge is 2.57. The highest BCUT2D eigenvalue weighted by atomic mass is 16.3. The molecule has 3 aliphatic carbocycles. The van der Waals surface area contributed by atoms with E-state index in [4.69, 9.17) is 5.73 Å². The Balaban J connectivity index is 1.83. The summed E-state index contributed by atoms with van der Waals surface area (Å²) in [4.78, 5) is 3.90. The van der Waals surface area contributed by atoms with Gasteiger partial charge in [0.25, 0.3) is 0 Å². The van der Waals surface area contributed by atoms with Crippen LogP contribution in [0.25, 0.3) is 0 Å². The summed E-state index contributed by atoms with van der Waals surface area (Å²) in [7, 11) is 1.65. The molecule has 0 amide bonds. The van der Waals surface area contributed by atoms with E-state index >= 15 is 0 Å². The predicted molar refractivity (Wildman–Crippen MR) is 101 cm³/mol. The Bertz CT molecular complexity index is 587. The van der Waals surface area contributed by atoms with E-state index in [0.717, 1.165) is 31.3 Å². The van der Waals surface area contributed by atoms with Gasteiger partial charge in [0, 0.05) is 13.6 Å². The number of aliphatic imine (C=N–C) groups is 1. The van der Waals surface area contributed by atoms with Crippen LogP contribution in [-0.2, 0) is 0 Å². The number of hydrogen-bond acceptors (Lipinski definition) is 3. The van der Waals surface area contributed by atoms with Crippen molar-refractivity contribution in [3.8, 4) is 0 Å². The fraction of sp³-hybridized carbons (Fsp3) is 0.750. The lowest BCUT2D eigenvalue weighted by Crippen LogP contribution is -2.46. The van der Waals surface area contributed by atoms with Gasteiger partial charge in [-0.15, -0.1) is 0 Å². The number of rotatable bonds is 4. The van der Waals surface area contributed by atoms with E-state index in [2.05, 4.69) is 36.0 Å². The van der Waals surface area contributed by atoms with Crippen molar-refractivity contribution in [3.05, 3.63) is 24.3 Å². The van der Waals surface area contributed by atoms with E-state index in [9.17, 15) is 10.2 Å². The zero-order valence-corrected chi connectivity index (χ0v) is 15.5. The largest absolute Gasteiger partial charge is 0.390 e. The van der Waals surface area contributed by atoms with Gasteiger partial charge in [-0.2, -0.15) is 0 Å². The fourth-order valence-electron chi connectivity index (χ4n) is 5.59. The van der Waals surface area contributed by atoms with Gasteiger partial charge in [-0.1, -0.05) is 24.3 Å². The number of allylic oxidation sites excluding steroid dienone is 2. The first kappa shape index (κ1) is 18.5. The maximum atomic E-state index is 11.4. The summed E-state index contributed by atoms with van der Waals surface area (Å²) in [6, 6.07) is 0. The molecule has 0 aliphatic heterocycles. The third-order valence-corrected chi connectivity index (χ3v) is 6.96. The summed E-state index contributed by atoms with van der Waals surface area (Å²) < 4.78 is 0. The maximum absolute atomic E-state index is 11.4. The highest BCUT2D eigenvalue weighted by Crippen LogP contribution is 2.57. The molecule has 5 N–H and O–H groups in total. The van der Waals surface area contributed by atoms with Crippen LogP contribution in [0.3, 0.4) is 0 Å². The molecule has 6 atom stereocenters. The quantitative estimate of drug-likeness (QED) is 0.355. The second-order valence-corrected chi connectivity index (χ2v) is 8.43. The molecule has 0 aromatic rings. The number of fused-ring (bicyclic) bond motifs is 4. The zero-order valence-electron chi connectivity index (χ0n) is 15.5. The van der Waals surface area contributed by atoms with Crippen LogP contribution in [0, 0.1) is 23.7 Å². The van der Waals surface area contributed by atoms with Gasteiger partial charge in [-0.25, -0.2) is 0 Å². The molecular weight excluding hydrogens is 314 g/mol. The van der Waals surface area contributed by atoms with Crippen LogP contribution in [0.15, 0.2) is 29.3 Å². The second kappa shape index (κ2) is 6.76. The number of nitrogens with two attached hydrogens (primary N) is 1. The van der Waals surface area contributed by atoms with Gasteiger partial charge in [0.15, 0.2) is 5.96 Å². The van der Waals surface area contributed by atoms with Crippen LogP contribution < -0.4 is 11.1 Å². The van der Waals surface area contributed by atoms with Crippen molar-refractivity contribution in [2.45, 2.75) is 56.7 Å².